The lowest BCUT2D eigenvalue weighted by Crippen LogP contribution is -2.30. The number of aromatic amines is 1. The van der Waals surface area contributed by atoms with Crippen LogP contribution in [0.5, 0.6) is 11.5 Å². The lowest BCUT2D eigenvalue weighted by molar-refractivity contribution is 0.0937. The summed E-state index contributed by atoms with van der Waals surface area (Å²) in [5, 5.41) is 19.6. The molecule has 0 radical (unpaired) electrons. The zero-order chi connectivity index (χ0) is 24.9. The van der Waals surface area contributed by atoms with Crippen molar-refractivity contribution in [2.45, 2.75) is 19.2 Å². The third kappa shape index (κ3) is 5.58. The number of halogens is 1. The van der Waals surface area contributed by atoms with Gasteiger partial charge in [-0.05, 0) is 42.0 Å². The number of azo groups is 1. The number of hydrogen-bond donors (Lipinski definition) is 2. The van der Waals surface area contributed by atoms with E-state index in [1.165, 1.54) is 16.2 Å². The summed E-state index contributed by atoms with van der Waals surface area (Å²) in [4.78, 5) is 31.2. The van der Waals surface area contributed by atoms with Crippen molar-refractivity contribution in [1.29, 1.82) is 0 Å². The predicted octanol–water partition coefficient (Wildman–Crippen LogP) is 2.81. The average Bonchev–Trinajstić information content (AvgIpc) is 3.21. The number of aryl methyl sites for hydroxylation is 1. The molecule has 4 rings (SSSR count). The van der Waals surface area contributed by atoms with Gasteiger partial charge in [-0.15, -0.1) is 5.11 Å². The van der Waals surface area contributed by atoms with E-state index in [2.05, 4.69) is 20.2 Å². The zero-order valence-electron chi connectivity index (χ0n) is 19.0. The molecule has 2 heterocycles. The minimum Gasteiger partial charge on any atom is -0.497 e. The van der Waals surface area contributed by atoms with Gasteiger partial charge in [0.15, 0.2) is 11.2 Å². The monoisotopic (exact) mass is 498 g/mol. The van der Waals surface area contributed by atoms with Gasteiger partial charge < -0.3 is 14.6 Å². The lowest BCUT2D eigenvalue weighted by Gasteiger charge is -2.14. The molecule has 4 aromatic rings. The van der Waals surface area contributed by atoms with Gasteiger partial charge in [0.25, 0.3) is 11.5 Å². The first-order valence-corrected chi connectivity index (χ1v) is 11.0. The number of aromatic nitrogens is 4. The Labute approximate surface area is 204 Å². The highest BCUT2D eigenvalue weighted by Gasteiger charge is 2.20. The predicted molar refractivity (Wildman–Crippen MR) is 130 cm³/mol. The summed E-state index contributed by atoms with van der Waals surface area (Å²) in [6.07, 6.45) is -1.02. The van der Waals surface area contributed by atoms with Crippen LogP contribution in [0.4, 0.5) is 5.95 Å². The molecule has 0 bridgehead atoms. The Balaban J connectivity index is 1.59. The van der Waals surface area contributed by atoms with E-state index in [1.807, 2.05) is 12.1 Å². The van der Waals surface area contributed by atoms with Crippen LogP contribution in [0.2, 0.25) is 5.02 Å². The van der Waals surface area contributed by atoms with E-state index in [0.717, 1.165) is 5.56 Å². The second-order valence-electron chi connectivity index (χ2n) is 7.68. The average molecular weight is 499 g/mol. The third-order valence-electron chi connectivity index (χ3n) is 5.21. The van der Waals surface area contributed by atoms with Crippen LogP contribution in [-0.4, -0.2) is 44.0 Å². The number of nitrogens with one attached hydrogen (secondary N) is 1. The van der Waals surface area contributed by atoms with E-state index in [4.69, 9.17) is 21.1 Å². The molecule has 35 heavy (non-hydrogen) atoms. The smallest absolute Gasteiger partial charge is 0.329 e. The fraction of sp³-hybridized carbons (Fsp3) is 0.261. The number of aliphatic hydroxyl groups excluding tert-OH is 1. The molecule has 0 saturated heterocycles. The molecule has 0 aliphatic rings. The summed E-state index contributed by atoms with van der Waals surface area (Å²) in [6.45, 7) is 0.124. The SMILES string of the molecule is COc1ccc(OCC(O)Cn2c(N=NCc3ccc(Cl)cc3)nc3c2c(=O)[nH]c(=O)n3C)cc1. The molecule has 0 saturated carbocycles. The Hall–Kier alpha value is -3.96. The van der Waals surface area contributed by atoms with Gasteiger partial charge in [-0.1, -0.05) is 23.7 Å². The summed E-state index contributed by atoms with van der Waals surface area (Å²) in [6, 6.07) is 14.0. The maximum absolute atomic E-state index is 12.6. The van der Waals surface area contributed by atoms with Crippen LogP contribution in [0.25, 0.3) is 11.2 Å². The van der Waals surface area contributed by atoms with Crippen LogP contribution >= 0.6 is 11.6 Å². The minimum absolute atomic E-state index is 0.0585. The number of ether oxygens (including phenoxy) is 2. The molecule has 0 fully saturated rings. The minimum atomic E-state index is -1.02. The number of H-pyrrole nitrogens is 1. The van der Waals surface area contributed by atoms with Crippen molar-refractivity contribution in [3.8, 4) is 11.5 Å². The quantitative estimate of drug-likeness (QED) is 0.340. The Kier molecular flexibility index (Phi) is 7.28. The first-order valence-electron chi connectivity index (χ1n) is 10.6. The van der Waals surface area contributed by atoms with Crippen molar-refractivity contribution in [3.05, 3.63) is 80.0 Å². The molecule has 1 unspecified atom stereocenters. The van der Waals surface area contributed by atoms with Crippen LogP contribution in [0, 0.1) is 0 Å². The molecular weight excluding hydrogens is 476 g/mol. The summed E-state index contributed by atoms with van der Waals surface area (Å²) in [5.74, 6) is 1.30. The van der Waals surface area contributed by atoms with Crippen molar-refractivity contribution < 1.29 is 14.6 Å². The molecule has 0 aliphatic carbocycles. The van der Waals surface area contributed by atoms with Crippen molar-refractivity contribution in [1.82, 2.24) is 19.1 Å². The van der Waals surface area contributed by atoms with Gasteiger partial charge in [-0.2, -0.15) is 10.1 Å². The highest BCUT2D eigenvalue weighted by atomic mass is 35.5. The topological polar surface area (TPSA) is 136 Å². The van der Waals surface area contributed by atoms with Crippen LogP contribution < -0.4 is 20.7 Å². The number of imidazole rings is 1. The van der Waals surface area contributed by atoms with Crippen LogP contribution in [0.15, 0.2) is 68.3 Å². The summed E-state index contributed by atoms with van der Waals surface area (Å²) >= 11 is 5.91. The van der Waals surface area contributed by atoms with Crippen molar-refractivity contribution in [3.63, 3.8) is 0 Å². The largest absolute Gasteiger partial charge is 0.497 e. The number of fused-ring (bicyclic) bond motifs is 1. The highest BCUT2D eigenvalue weighted by Crippen LogP contribution is 2.21. The normalized spacial score (nSPS) is 12.3. The Morgan fingerprint density at radius 1 is 1.11 bits per heavy atom. The fourth-order valence-electron chi connectivity index (χ4n) is 3.37. The molecule has 2 aromatic carbocycles. The van der Waals surface area contributed by atoms with Gasteiger partial charge in [-0.3, -0.25) is 18.9 Å². The molecule has 0 amide bonds. The van der Waals surface area contributed by atoms with E-state index in [0.29, 0.717) is 16.5 Å². The van der Waals surface area contributed by atoms with E-state index in [-0.39, 0.29) is 36.8 Å². The maximum Gasteiger partial charge on any atom is 0.329 e. The molecule has 1 atom stereocenters. The zero-order valence-corrected chi connectivity index (χ0v) is 19.8. The van der Waals surface area contributed by atoms with Crippen molar-refractivity contribution >= 4 is 28.7 Å². The molecule has 2 aromatic heterocycles. The maximum atomic E-state index is 12.6. The van der Waals surface area contributed by atoms with E-state index < -0.39 is 17.4 Å². The molecule has 0 aliphatic heterocycles. The Morgan fingerprint density at radius 2 is 1.80 bits per heavy atom. The lowest BCUT2D eigenvalue weighted by atomic mass is 10.2. The van der Waals surface area contributed by atoms with Gasteiger partial charge in [0.2, 0.25) is 0 Å². The second-order valence-corrected chi connectivity index (χ2v) is 8.12. The van der Waals surface area contributed by atoms with E-state index >= 15 is 0 Å². The van der Waals surface area contributed by atoms with Gasteiger partial charge in [0.05, 0.1) is 20.2 Å². The number of methoxy groups -OCH3 is 1. The van der Waals surface area contributed by atoms with Gasteiger partial charge in [-0.25, -0.2) is 4.79 Å². The molecule has 11 nitrogen and oxygen atoms in total. The van der Waals surface area contributed by atoms with E-state index in [9.17, 15) is 14.7 Å². The van der Waals surface area contributed by atoms with Crippen molar-refractivity contribution in [2.24, 2.45) is 17.3 Å². The number of aliphatic hydroxyl groups is 1. The number of hydrogen-bond acceptors (Lipinski definition) is 8. The van der Waals surface area contributed by atoms with Gasteiger partial charge >= 0.3 is 5.69 Å². The Bertz CT molecular complexity index is 1460. The first kappa shape index (κ1) is 24.2. The molecule has 182 valence electrons. The van der Waals surface area contributed by atoms with Gasteiger partial charge in [0.1, 0.15) is 24.2 Å². The van der Waals surface area contributed by atoms with Gasteiger partial charge in [0, 0.05) is 12.1 Å². The second kappa shape index (κ2) is 10.5. The Morgan fingerprint density at radius 3 is 2.49 bits per heavy atom. The van der Waals surface area contributed by atoms with Crippen molar-refractivity contribution in [2.75, 3.05) is 13.7 Å². The summed E-state index contributed by atoms with van der Waals surface area (Å²) in [7, 11) is 3.05. The third-order valence-corrected chi connectivity index (χ3v) is 5.46. The molecular formula is C23H23ClN6O5. The number of rotatable bonds is 9. The summed E-state index contributed by atoms with van der Waals surface area (Å²) < 4.78 is 13.4. The molecule has 0 spiro atoms. The number of nitrogens with zero attached hydrogens (tertiary/aromatic N) is 5. The molecule has 2 N–H and O–H groups in total. The molecule has 12 heteroatoms. The van der Waals surface area contributed by atoms with Crippen LogP contribution in [-0.2, 0) is 20.1 Å². The van der Waals surface area contributed by atoms with Crippen LogP contribution in [0.3, 0.4) is 0 Å². The summed E-state index contributed by atoms with van der Waals surface area (Å²) in [5.41, 5.74) is -0.157. The first-order chi connectivity index (χ1) is 16.9. The highest BCUT2D eigenvalue weighted by molar-refractivity contribution is 6.30. The number of benzene rings is 2. The van der Waals surface area contributed by atoms with E-state index in [1.54, 1.807) is 43.5 Å². The fourth-order valence-corrected chi connectivity index (χ4v) is 3.50. The standard InChI is InChI=1S/C23H23ClN6O5/c1-29-20-19(21(32)27-23(29)33)30(12-16(31)13-35-18-9-7-17(34-2)8-10-18)22(26-20)28-25-11-14-3-5-15(24)6-4-14/h3-10,16,31H,11-13H2,1-2H3,(H,27,32,33). The van der Waals surface area contributed by atoms with Crippen LogP contribution in [0.1, 0.15) is 5.56 Å².